The number of carbonyl (C=O) groups is 2. The number of carbonyl (C=O) groups excluding carboxylic acids is 2. The van der Waals surface area contributed by atoms with E-state index in [2.05, 4.69) is 0 Å². The standard InChI is InChI=1S/C23H28O8/c1-5-27-21(24)13(3)29-15-11-18(30-14(4)22(25)28-6-2)20-16-9-7-8-10-17(16)23(26)31-19(20)12-15/h11-14H,5-10H2,1-4H3/t13-,14+/m0/s1. The third-order valence-corrected chi connectivity index (χ3v) is 5.11. The van der Waals surface area contributed by atoms with Crippen LogP contribution in [0.1, 0.15) is 51.7 Å². The number of ether oxygens (including phenoxy) is 4. The smallest absolute Gasteiger partial charge is 0.347 e. The van der Waals surface area contributed by atoms with Gasteiger partial charge in [-0.15, -0.1) is 0 Å². The van der Waals surface area contributed by atoms with Gasteiger partial charge >= 0.3 is 17.6 Å². The first-order valence-corrected chi connectivity index (χ1v) is 10.6. The predicted molar refractivity (Wildman–Crippen MR) is 113 cm³/mol. The van der Waals surface area contributed by atoms with Gasteiger partial charge in [0.2, 0.25) is 0 Å². The van der Waals surface area contributed by atoms with Crippen molar-refractivity contribution in [1.29, 1.82) is 0 Å². The van der Waals surface area contributed by atoms with Crippen LogP contribution in [0, 0.1) is 0 Å². The second-order valence-electron chi connectivity index (χ2n) is 7.37. The van der Waals surface area contributed by atoms with E-state index in [9.17, 15) is 14.4 Å². The Balaban J connectivity index is 2.08. The molecule has 1 aliphatic carbocycles. The highest BCUT2D eigenvalue weighted by molar-refractivity contribution is 5.90. The fourth-order valence-electron chi connectivity index (χ4n) is 3.68. The zero-order valence-electron chi connectivity index (χ0n) is 18.3. The molecule has 8 heteroatoms. The highest BCUT2D eigenvalue weighted by Crippen LogP contribution is 2.37. The number of rotatable bonds is 8. The molecule has 0 saturated heterocycles. The molecule has 0 N–H and O–H groups in total. The molecule has 1 aliphatic rings. The lowest BCUT2D eigenvalue weighted by molar-refractivity contribution is -0.151. The van der Waals surface area contributed by atoms with Crippen LogP contribution in [0.4, 0.5) is 0 Å². The normalized spacial score (nSPS) is 15.0. The van der Waals surface area contributed by atoms with E-state index < -0.39 is 24.1 Å². The lowest BCUT2D eigenvalue weighted by Gasteiger charge is -2.21. The van der Waals surface area contributed by atoms with Gasteiger partial charge in [-0.3, -0.25) is 0 Å². The summed E-state index contributed by atoms with van der Waals surface area (Å²) >= 11 is 0. The summed E-state index contributed by atoms with van der Waals surface area (Å²) < 4.78 is 27.3. The van der Waals surface area contributed by atoms with E-state index in [4.69, 9.17) is 23.4 Å². The number of hydrogen-bond acceptors (Lipinski definition) is 8. The maximum absolute atomic E-state index is 12.5. The van der Waals surface area contributed by atoms with Crippen molar-refractivity contribution >= 4 is 22.9 Å². The molecule has 0 aliphatic heterocycles. The minimum Gasteiger partial charge on any atom is -0.479 e. The second kappa shape index (κ2) is 9.85. The molecule has 0 fully saturated rings. The third kappa shape index (κ3) is 5.00. The van der Waals surface area contributed by atoms with Crippen LogP contribution >= 0.6 is 0 Å². The molecule has 0 amide bonds. The summed E-state index contributed by atoms with van der Waals surface area (Å²) in [6, 6.07) is 3.16. The summed E-state index contributed by atoms with van der Waals surface area (Å²) in [5, 5.41) is 0.640. The summed E-state index contributed by atoms with van der Waals surface area (Å²) in [5.41, 5.74) is 1.40. The molecule has 0 radical (unpaired) electrons. The topological polar surface area (TPSA) is 101 Å². The first kappa shape index (κ1) is 22.7. The highest BCUT2D eigenvalue weighted by Gasteiger charge is 2.25. The molecule has 1 aromatic carbocycles. The van der Waals surface area contributed by atoms with Gasteiger partial charge in [0.25, 0.3) is 0 Å². The molecule has 0 spiro atoms. The summed E-state index contributed by atoms with van der Waals surface area (Å²) in [4.78, 5) is 36.6. The van der Waals surface area contributed by atoms with Crippen molar-refractivity contribution in [2.45, 2.75) is 65.6 Å². The van der Waals surface area contributed by atoms with Crippen molar-refractivity contribution in [1.82, 2.24) is 0 Å². The fraction of sp³-hybridized carbons (Fsp3) is 0.522. The zero-order chi connectivity index (χ0) is 22.5. The lowest BCUT2D eigenvalue weighted by atomic mass is 9.90. The Bertz CT molecular complexity index is 1020. The molecule has 8 nitrogen and oxygen atoms in total. The highest BCUT2D eigenvalue weighted by atomic mass is 16.6. The predicted octanol–water partition coefficient (Wildman–Crippen LogP) is 3.33. The third-order valence-electron chi connectivity index (χ3n) is 5.11. The number of fused-ring (bicyclic) bond motifs is 3. The number of benzene rings is 1. The van der Waals surface area contributed by atoms with E-state index in [1.165, 1.54) is 0 Å². The molecule has 31 heavy (non-hydrogen) atoms. The van der Waals surface area contributed by atoms with Crippen LogP contribution in [0.2, 0.25) is 0 Å². The molecule has 1 aromatic heterocycles. The van der Waals surface area contributed by atoms with Gasteiger partial charge in [-0.2, -0.15) is 0 Å². The van der Waals surface area contributed by atoms with Crippen LogP contribution < -0.4 is 15.1 Å². The first-order valence-electron chi connectivity index (χ1n) is 10.6. The van der Waals surface area contributed by atoms with Crippen LogP contribution in [0.15, 0.2) is 21.3 Å². The Hall–Kier alpha value is -3.03. The number of aryl methyl sites for hydroxylation is 1. The van der Waals surface area contributed by atoms with E-state index in [0.717, 1.165) is 18.4 Å². The Morgan fingerprint density at radius 2 is 1.52 bits per heavy atom. The van der Waals surface area contributed by atoms with Gasteiger partial charge < -0.3 is 23.4 Å². The maximum atomic E-state index is 12.5. The van der Waals surface area contributed by atoms with Crippen molar-refractivity contribution in [3.63, 3.8) is 0 Å². The first-order chi connectivity index (χ1) is 14.8. The van der Waals surface area contributed by atoms with Crippen LogP contribution in [-0.2, 0) is 31.9 Å². The van der Waals surface area contributed by atoms with Crippen molar-refractivity contribution < 1.29 is 33.0 Å². The van der Waals surface area contributed by atoms with E-state index in [0.29, 0.717) is 29.5 Å². The number of esters is 2. The Kier molecular flexibility index (Phi) is 7.20. The zero-order valence-corrected chi connectivity index (χ0v) is 18.3. The van der Waals surface area contributed by atoms with Crippen molar-refractivity contribution in [2.75, 3.05) is 13.2 Å². The van der Waals surface area contributed by atoms with E-state index in [1.54, 1.807) is 39.8 Å². The van der Waals surface area contributed by atoms with Gasteiger partial charge in [0.1, 0.15) is 17.1 Å². The van der Waals surface area contributed by atoms with Gasteiger partial charge in [-0.25, -0.2) is 14.4 Å². The molecule has 2 atom stereocenters. The van der Waals surface area contributed by atoms with E-state index in [1.807, 2.05) is 0 Å². The largest absolute Gasteiger partial charge is 0.479 e. The summed E-state index contributed by atoms with van der Waals surface area (Å²) in [7, 11) is 0. The maximum Gasteiger partial charge on any atom is 0.347 e. The molecular formula is C23H28O8. The second-order valence-corrected chi connectivity index (χ2v) is 7.37. The average Bonchev–Trinajstić information content (AvgIpc) is 2.74. The molecule has 1 heterocycles. The molecule has 2 aromatic rings. The van der Waals surface area contributed by atoms with Crippen LogP contribution in [0.5, 0.6) is 11.5 Å². The van der Waals surface area contributed by atoms with Crippen LogP contribution in [0.25, 0.3) is 11.0 Å². The Labute approximate surface area is 180 Å². The monoisotopic (exact) mass is 432 g/mol. The quantitative estimate of drug-likeness (QED) is 0.462. The molecule has 0 unspecified atom stereocenters. The van der Waals surface area contributed by atoms with Gasteiger partial charge in [0.15, 0.2) is 12.2 Å². The Morgan fingerprint density at radius 1 is 0.935 bits per heavy atom. The number of hydrogen-bond donors (Lipinski definition) is 0. The minimum atomic E-state index is -0.882. The summed E-state index contributed by atoms with van der Waals surface area (Å²) in [6.45, 7) is 7.04. The van der Waals surface area contributed by atoms with Gasteiger partial charge in [0.05, 0.1) is 18.6 Å². The Morgan fingerprint density at radius 3 is 2.13 bits per heavy atom. The van der Waals surface area contributed by atoms with Crippen LogP contribution in [0.3, 0.4) is 0 Å². The van der Waals surface area contributed by atoms with Crippen molar-refractivity contribution in [3.05, 3.63) is 33.7 Å². The van der Waals surface area contributed by atoms with Crippen molar-refractivity contribution in [2.24, 2.45) is 0 Å². The molecular weight excluding hydrogens is 404 g/mol. The van der Waals surface area contributed by atoms with Gasteiger partial charge in [0, 0.05) is 17.7 Å². The molecule has 0 bridgehead atoms. The SMILES string of the molecule is CCOC(=O)[C@H](C)Oc1cc(O[C@H](C)C(=O)OCC)c2c3c(c(=O)oc2c1)CCCC3. The average molecular weight is 432 g/mol. The molecule has 0 saturated carbocycles. The lowest BCUT2D eigenvalue weighted by Crippen LogP contribution is -2.27. The summed E-state index contributed by atoms with van der Waals surface area (Å²) in [5.74, 6) is -0.422. The van der Waals surface area contributed by atoms with E-state index >= 15 is 0 Å². The van der Waals surface area contributed by atoms with Gasteiger partial charge in [-0.05, 0) is 58.9 Å². The van der Waals surface area contributed by atoms with Gasteiger partial charge in [-0.1, -0.05) is 0 Å². The van der Waals surface area contributed by atoms with Crippen molar-refractivity contribution in [3.8, 4) is 11.5 Å². The summed E-state index contributed by atoms with van der Waals surface area (Å²) in [6.07, 6.45) is 1.44. The molecule has 3 rings (SSSR count). The van der Waals surface area contributed by atoms with Crippen LogP contribution in [-0.4, -0.2) is 37.4 Å². The minimum absolute atomic E-state index is 0.233. The molecule has 168 valence electrons. The fourth-order valence-corrected chi connectivity index (χ4v) is 3.68. The van der Waals surface area contributed by atoms with E-state index in [-0.39, 0.29) is 30.2 Å².